The van der Waals surface area contributed by atoms with Crippen molar-refractivity contribution in [2.45, 2.75) is 6.92 Å². The molecule has 4 aromatic rings. The van der Waals surface area contributed by atoms with Crippen LogP contribution in [0, 0.1) is 0 Å². The van der Waals surface area contributed by atoms with Crippen LogP contribution in [0.1, 0.15) is 17.3 Å². The van der Waals surface area contributed by atoms with E-state index in [1.165, 1.54) is 11.6 Å². The van der Waals surface area contributed by atoms with Crippen molar-refractivity contribution in [2.75, 3.05) is 12.3 Å². The number of aryl methyl sites for hydroxylation is 1. The molecule has 2 aromatic carbocycles. The van der Waals surface area contributed by atoms with Crippen molar-refractivity contribution in [1.29, 1.82) is 0 Å². The second-order valence-corrected chi connectivity index (χ2v) is 8.54. The fourth-order valence-corrected chi connectivity index (χ4v) is 4.23. The topological polar surface area (TPSA) is 87.2 Å². The Morgan fingerprint density at radius 3 is 2.33 bits per heavy atom. The van der Waals surface area contributed by atoms with E-state index in [9.17, 15) is 9.59 Å². The number of nitrogen functional groups attached to an aromatic ring is 1. The molecular formula is C24H18Cl3N3O3. The number of nitrogens with two attached hydrogens (primary N) is 1. The fourth-order valence-electron chi connectivity index (χ4n) is 3.61. The number of benzene rings is 2. The lowest BCUT2D eigenvalue weighted by Gasteiger charge is -2.17. The molecule has 4 rings (SSSR count). The van der Waals surface area contributed by atoms with E-state index in [1.54, 1.807) is 43.3 Å². The van der Waals surface area contributed by atoms with E-state index in [4.69, 9.17) is 50.3 Å². The number of fused-ring (bicyclic) bond motifs is 1. The lowest BCUT2D eigenvalue weighted by atomic mass is 9.97. The van der Waals surface area contributed by atoms with Crippen LogP contribution in [0.2, 0.25) is 15.1 Å². The van der Waals surface area contributed by atoms with Crippen molar-refractivity contribution in [3.05, 3.63) is 79.5 Å². The summed E-state index contributed by atoms with van der Waals surface area (Å²) in [5, 5.41) is 1.88. The van der Waals surface area contributed by atoms with Gasteiger partial charge in [0.25, 0.3) is 5.56 Å². The number of nitrogens with zero attached hydrogens (tertiary/aromatic N) is 2. The maximum atomic E-state index is 13.0. The van der Waals surface area contributed by atoms with E-state index >= 15 is 0 Å². The second kappa shape index (κ2) is 9.06. The monoisotopic (exact) mass is 501 g/mol. The molecule has 6 nitrogen and oxygen atoms in total. The van der Waals surface area contributed by atoms with Crippen molar-refractivity contribution >= 4 is 57.5 Å². The molecule has 0 fully saturated rings. The minimum absolute atomic E-state index is 0.00279. The van der Waals surface area contributed by atoms with Crippen LogP contribution in [0.3, 0.4) is 0 Å². The van der Waals surface area contributed by atoms with E-state index in [0.29, 0.717) is 42.9 Å². The number of carbonyl (C=O) groups excluding carboxylic acids is 1. The zero-order valence-electron chi connectivity index (χ0n) is 17.7. The summed E-state index contributed by atoms with van der Waals surface area (Å²) in [5.74, 6) is -0.782. The molecule has 33 heavy (non-hydrogen) atoms. The van der Waals surface area contributed by atoms with Gasteiger partial charge in [-0.05, 0) is 48.9 Å². The Labute approximate surface area is 204 Å². The van der Waals surface area contributed by atoms with Crippen molar-refractivity contribution < 1.29 is 9.53 Å². The number of aromatic nitrogens is 2. The van der Waals surface area contributed by atoms with Gasteiger partial charge in [0.05, 0.1) is 23.0 Å². The number of halogens is 3. The zero-order valence-corrected chi connectivity index (χ0v) is 19.9. The number of anilines is 1. The Morgan fingerprint density at radius 1 is 1.03 bits per heavy atom. The van der Waals surface area contributed by atoms with Gasteiger partial charge >= 0.3 is 5.97 Å². The van der Waals surface area contributed by atoms with Gasteiger partial charge in [-0.2, -0.15) is 0 Å². The highest BCUT2D eigenvalue weighted by Crippen LogP contribution is 2.39. The van der Waals surface area contributed by atoms with Crippen molar-refractivity contribution in [3.63, 3.8) is 0 Å². The van der Waals surface area contributed by atoms with Gasteiger partial charge in [0.2, 0.25) is 0 Å². The lowest BCUT2D eigenvalue weighted by molar-refractivity contribution is 0.0525. The predicted molar refractivity (Wildman–Crippen MR) is 133 cm³/mol. The Bertz CT molecular complexity index is 1460. The number of ether oxygens (including phenoxy) is 1. The molecule has 0 saturated heterocycles. The van der Waals surface area contributed by atoms with Gasteiger partial charge in [0.15, 0.2) is 0 Å². The molecule has 2 N–H and O–H groups in total. The van der Waals surface area contributed by atoms with E-state index in [-0.39, 0.29) is 17.9 Å². The van der Waals surface area contributed by atoms with Gasteiger partial charge in [-0.15, -0.1) is 0 Å². The summed E-state index contributed by atoms with van der Waals surface area (Å²) in [6.07, 6.45) is 0. The van der Waals surface area contributed by atoms with Crippen LogP contribution in [0.25, 0.3) is 33.4 Å². The normalized spacial score (nSPS) is 11.1. The van der Waals surface area contributed by atoms with E-state index < -0.39 is 11.5 Å². The summed E-state index contributed by atoms with van der Waals surface area (Å²) < 4.78 is 6.32. The standard InChI is InChI=1S/C24H18Cl3N3O3/c1-3-33-24(32)19-20(28)17-11-16(12-4-6-13(25)7-5-12)21(29-22(17)30(2)23(19)31)15-9-8-14(26)10-18(15)27/h4-11H,3,28H2,1-2H3. The van der Waals surface area contributed by atoms with Gasteiger partial charge in [-0.3, -0.25) is 9.36 Å². The number of hydrogen-bond acceptors (Lipinski definition) is 5. The first-order chi connectivity index (χ1) is 15.7. The smallest absolute Gasteiger partial charge is 0.345 e. The van der Waals surface area contributed by atoms with Gasteiger partial charge < -0.3 is 10.5 Å². The average Bonchev–Trinajstić information content (AvgIpc) is 2.78. The highest BCUT2D eigenvalue weighted by atomic mass is 35.5. The van der Waals surface area contributed by atoms with Crippen LogP contribution in [0.5, 0.6) is 0 Å². The summed E-state index contributed by atoms with van der Waals surface area (Å²) in [6.45, 7) is 1.77. The number of esters is 1. The van der Waals surface area contributed by atoms with Gasteiger partial charge in [0, 0.05) is 33.6 Å². The van der Waals surface area contributed by atoms with E-state index in [2.05, 4.69) is 0 Å². The second-order valence-electron chi connectivity index (χ2n) is 7.26. The predicted octanol–water partition coefficient (Wildman–Crippen LogP) is 5.99. The highest BCUT2D eigenvalue weighted by Gasteiger charge is 2.24. The van der Waals surface area contributed by atoms with Crippen molar-refractivity contribution in [3.8, 4) is 22.4 Å². The maximum Gasteiger partial charge on any atom is 0.345 e. The van der Waals surface area contributed by atoms with E-state index in [1.807, 2.05) is 12.1 Å². The fraction of sp³-hybridized carbons (Fsp3) is 0.125. The largest absolute Gasteiger partial charge is 0.462 e. The number of pyridine rings is 2. The Hall–Kier alpha value is -3.06. The quantitative estimate of drug-likeness (QED) is 0.347. The third-order valence-electron chi connectivity index (χ3n) is 5.22. The molecule has 0 atom stereocenters. The van der Waals surface area contributed by atoms with Crippen LogP contribution >= 0.6 is 34.8 Å². The molecule has 0 bridgehead atoms. The van der Waals surface area contributed by atoms with Crippen LogP contribution in [0.15, 0.2) is 53.3 Å². The average molecular weight is 503 g/mol. The Kier molecular flexibility index (Phi) is 6.34. The number of carbonyl (C=O) groups is 1. The molecule has 0 amide bonds. The van der Waals surface area contributed by atoms with Gasteiger partial charge in [-0.25, -0.2) is 9.78 Å². The molecule has 0 aliphatic carbocycles. The SMILES string of the molecule is CCOC(=O)c1c(N)c2cc(-c3ccc(Cl)cc3)c(-c3ccc(Cl)cc3Cl)nc2n(C)c1=O. The minimum Gasteiger partial charge on any atom is -0.462 e. The molecule has 0 spiro atoms. The molecule has 2 aromatic heterocycles. The summed E-state index contributed by atoms with van der Waals surface area (Å²) in [4.78, 5) is 30.2. The molecule has 0 radical (unpaired) electrons. The first-order valence-corrected chi connectivity index (χ1v) is 11.1. The van der Waals surface area contributed by atoms with E-state index in [0.717, 1.165) is 5.56 Å². The summed E-state index contributed by atoms with van der Waals surface area (Å²) >= 11 is 18.7. The van der Waals surface area contributed by atoms with Crippen LogP contribution < -0.4 is 11.3 Å². The number of rotatable bonds is 4. The highest BCUT2D eigenvalue weighted by molar-refractivity contribution is 6.36. The Morgan fingerprint density at radius 2 is 1.70 bits per heavy atom. The van der Waals surface area contributed by atoms with Crippen molar-refractivity contribution in [2.24, 2.45) is 7.05 Å². The molecular weight excluding hydrogens is 485 g/mol. The van der Waals surface area contributed by atoms with Gasteiger partial charge in [-0.1, -0.05) is 46.9 Å². The first-order valence-electron chi connectivity index (χ1n) is 9.94. The summed E-state index contributed by atoms with van der Waals surface area (Å²) in [5.41, 5.74) is 8.40. The molecule has 0 unspecified atom stereocenters. The number of hydrogen-bond donors (Lipinski definition) is 1. The zero-order chi connectivity index (χ0) is 23.9. The first kappa shape index (κ1) is 23.1. The molecule has 9 heteroatoms. The molecule has 2 heterocycles. The molecule has 0 aliphatic heterocycles. The maximum absolute atomic E-state index is 13.0. The van der Waals surface area contributed by atoms with Crippen LogP contribution in [-0.4, -0.2) is 22.1 Å². The lowest BCUT2D eigenvalue weighted by Crippen LogP contribution is -2.28. The Balaban J connectivity index is 2.12. The van der Waals surface area contributed by atoms with Crippen LogP contribution in [-0.2, 0) is 11.8 Å². The summed E-state index contributed by atoms with van der Waals surface area (Å²) in [7, 11) is 1.52. The molecule has 168 valence electrons. The van der Waals surface area contributed by atoms with Crippen LogP contribution in [0.4, 0.5) is 5.69 Å². The third kappa shape index (κ3) is 4.17. The molecule has 0 saturated carbocycles. The van der Waals surface area contributed by atoms with Crippen molar-refractivity contribution in [1.82, 2.24) is 9.55 Å². The van der Waals surface area contributed by atoms with Gasteiger partial charge in [0.1, 0.15) is 11.2 Å². The third-order valence-corrected chi connectivity index (χ3v) is 6.02. The summed E-state index contributed by atoms with van der Waals surface area (Å²) in [6, 6.07) is 14.0. The minimum atomic E-state index is -0.782. The molecule has 0 aliphatic rings.